The summed E-state index contributed by atoms with van der Waals surface area (Å²) in [6, 6.07) is 4.94. The van der Waals surface area contributed by atoms with Crippen LogP contribution in [0.3, 0.4) is 0 Å². The van der Waals surface area contributed by atoms with E-state index in [0.29, 0.717) is 29.4 Å². The molecule has 0 bridgehead atoms. The number of aromatic nitrogens is 2. The molecule has 0 unspecified atom stereocenters. The van der Waals surface area contributed by atoms with Gasteiger partial charge in [0, 0.05) is 12.1 Å². The summed E-state index contributed by atoms with van der Waals surface area (Å²) in [5, 5.41) is 9.62. The zero-order chi connectivity index (χ0) is 15.9. The fourth-order valence-electron chi connectivity index (χ4n) is 2.77. The molecule has 6 heteroatoms. The number of ether oxygens (including phenoxy) is 1. The molecule has 0 aromatic carbocycles. The average Bonchev–Trinajstić information content (AvgIpc) is 2.66. The highest BCUT2D eigenvalue weighted by molar-refractivity contribution is 6.11. The van der Waals surface area contributed by atoms with Crippen molar-refractivity contribution in [3.05, 3.63) is 41.9 Å². The van der Waals surface area contributed by atoms with Gasteiger partial charge in [0.25, 0.3) is 5.91 Å². The molecule has 0 saturated heterocycles. The van der Waals surface area contributed by atoms with Gasteiger partial charge in [0.2, 0.25) is 5.88 Å². The van der Waals surface area contributed by atoms with E-state index in [2.05, 4.69) is 9.97 Å². The number of pyridine rings is 2. The minimum Gasteiger partial charge on any atom is -0.506 e. The van der Waals surface area contributed by atoms with Crippen LogP contribution in [0, 0.1) is 0 Å². The molecule has 1 aliphatic heterocycles. The van der Waals surface area contributed by atoms with Crippen LogP contribution in [-0.2, 0) is 5.54 Å². The zero-order valence-corrected chi connectivity index (χ0v) is 12.7. The first-order valence-electron chi connectivity index (χ1n) is 7.08. The Labute approximate surface area is 128 Å². The maximum absolute atomic E-state index is 12.7. The van der Waals surface area contributed by atoms with E-state index in [1.807, 2.05) is 20.8 Å². The van der Waals surface area contributed by atoms with E-state index in [1.54, 1.807) is 23.2 Å². The third-order valence-corrected chi connectivity index (χ3v) is 3.70. The average molecular weight is 299 g/mol. The second-order valence-corrected chi connectivity index (χ2v) is 5.58. The molecule has 0 spiro atoms. The monoisotopic (exact) mass is 299 g/mol. The Balaban J connectivity index is 2.10. The Morgan fingerprint density at radius 2 is 2.09 bits per heavy atom. The zero-order valence-electron chi connectivity index (χ0n) is 12.7. The van der Waals surface area contributed by atoms with E-state index < -0.39 is 5.54 Å². The van der Waals surface area contributed by atoms with Gasteiger partial charge in [-0.05, 0) is 26.8 Å². The van der Waals surface area contributed by atoms with Crippen molar-refractivity contribution < 1.29 is 14.6 Å². The van der Waals surface area contributed by atoms with Crippen LogP contribution in [0.5, 0.6) is 11.6 Å². The first-order chi connectivity index (χ1) is 10.4. The lowest BCUT2D eigenvalue weighted by Gasteiger charge is -2.31. The highest BCUT2D eigenvalue weighted by Crippen LogP contribution is 2.41. The van der Waals surface area contributed by atoms with Crippen LogP contribution in [-0.4, -0.2) is 27.6 Å². The van der Waals surface area contributed by atoms with Gasteiger partial charge in [-0.25, -0.2) is 4.98 Å². The van der Waals surface area contributed by atoms with Crippen LogP contribution in [0.1, 0.15) is 36.8 Å². The number of carbonyl (C=O) groups is 1. The van der Waals surface area contributed by atoms with E-state index in [9.17, 15) is 9.90 Å². The normalized spacial score (nSPS) is 15.8. The molecule has 22 heavy (non-hydrogen) atoms. The molecule has 0 atom stereocenters. The molecule has 1 aliphatic rings. The summed E-state index contributed by atoms with van der Waals surface area (Å²) >= 11 is 0. The lowest BCUT2D eigenvalue weighted by Crippen LogP contribution is -2.39. The van der Waals surface area contributed by atoms with Crippen molar-refractivity contribution in [1.82, 2.24) is 9.97 Å². The van der Waals surface area contributed by atoms with Gasteiger partial charge in [0.15, 0.2) is 0 Å². The lowest BCUT2D eigenvalue weighted by atomic mass is 9.99. The van der Waals surface area contributed by atoms with E-state index in [4.69, 9.17) is 4.74 Å². The number of hydrogen-bond acceptors (Lipinski definition) is 5. The first-order valence-corrected chi connectivity index (χ1v) is 7.08. The highest BCUT2D eigenvalue weighted by atomic mass is 16.5. The molecular formula is C16H17N3O3. The number of fused-ring (bicyclic) bond motifs is 1. The van der Waals surface area contributed by atoms with Crippen molar-refractivity contribution in [2.75, 3.05) is 11.5 Å². The number of carbonyl (C=O) groups excluding carboxylic acids is 1. The molecule has 114 valence electrons. The van der Waals surface area contributed by atoms with Gasteiger partial charge < -0.3 is 9.84 Å². The van der Waals surface area contributed by atoms with Crippen molar-refractivity contribution in [2.45, 2.75) is 26.3 Å². The number of anilines is 1. The molecule has 3 rings (SSSR count). The van der Waals surface area contributed by atoms with Crippen molar-refractivity contribution in [1.29, 1.82) is 0 Å². The summed E-state index contributed by atoms with van der Waals surface area (Å²) in [5.41, 5.74) is 1.07. The van der Waals surface area contributed by atoms with Crippen LogP contribution in [0.25, 0.3) is 0 Å². The van der Waals surface area contributed by atoms with Gasteiger partial charge in [0.05, 0.1) is 41.5 Å². The summed E-state index contributed by atoms with van der Waals surface area (Å²) in [4.78, 5) is 22.7. The number of hydrogen-bond donors (Lipinski definition) is 1. The van der Waals surface area contributed by atoms with Crippen molar-refractivity contribution >= 4 is 11.6 Å². The van der Waals surface area contributed by atoms with Crippen molar-refractivity contribution in [3.63, 3.8) is 0 Å². The van der Waals surface area contributed by atoms with Gasteiger partial charge >= 0.3 is 0 Å². The van der Waals surface area contributed by atoms with Gasteiger partial charge in [-0.2, -0.15) is 0 Å². The Bertz CT molecular complexity index is 743. The summed E-state index contributed by atoms with van der Waals surface area (Å²) in [6.07, 6.45) is 2.88. The lowest BCUT2D eigenvalue weighted by molar-refractivity contribution is 0.0982. The maximum atomic E-state index is 12.7. The molecule has 6 nitrogen and oxygen atoms in total. The fourth-order valence-corrected chi connectivity index (χ4v) is 2.77. The Hall–Kier alpha value is -2.63. The minimum atomic E-state index is -0.658. The molecule has 2 aromatic rings. The minimum absolute atomic E-state index is 0.0139. The molecule has 0 radical (unpaired) electrons. The van der Waals surface area contributed by atoms with Crippen molar-refractivity contribution in [2.24, 2.45) is 0 Å². The van der Waals surface area contributed by atoms with Crippen molar-refractivity contribution in [3.8, 4) is 11.6 Å². The number of amides is 1. The van der Waals surface area contributed by atoms with Gasteiger partial charge in [-0.15, -0.1) is 0 Å². The number of aromatic hydroxyl groups is 1. The first kappa shape index (κ1) is 14.3. The van der Waals surface area contributed by atoms with Gasteiger partial charge in [0.1, 0.15) is 5.75 Å². The van der Waals surface area contributed by atoms with E-state index in [1.165, 1.54) is 12.3 Å². The van der Waals surface area contributed by atoms with Gasteiger partial charge in [-0.1, -0.05) is 0 Å². The standard InChI is InChI=1S/C16H17N3O3/c1-4-22-13-6-5-12-14(18-13)16(2,3)19(15(12)21)10-7-11(20)9-17-8-10/h5-9,20H,4H2,1-3H3. The molecule has 1 N–H and O–H groups in total. The summed E-state index contributed by atoms with van der Waals surface area (Å²) in [5.74, 6) is 0.348. The molecular weight excluding hydrogens is 282 g/mol. The maximum Gasteiger partial charge on any atom is 0.261 e. The van der Waals surface area contributed by atoms with E-state index in [-0.39, 0.29) is 11.7 Å². The van der Waals surface area contributed by atoms with Crippen LogP contribution >= 0.6 is 0 Å². The van der Waals surface area contributed by atoms with Crippen LogP contribution in [0.15, 0.2) is 30.6 Å². The molecule has 0 fully saturated rings. The molecule has 1 amide bonds. The third kappa shape index (κ3) is 2.07. The summed E-state index contributed by atoms with van der Waals surface area (Å²) < 4.78 is 5.43. The highest BCUT2D eigenvalue weighted by Gasteiger charge is 2.45. The largest absolute Gasteiger partial charge is 0.506 e. The van der Waals surface area contributed by atoms with E-state index >= 15 is 0 Å². The predicted molar refractivity (Wildman–Crippen MR) is 81.1 cm³/mol. The number of nitrogens with zero attached hydrogens (tertiary/aromatic N) is 3. The van der Waals surface area contributed by atoms with Crippen LogP contribution in [0.4, 0.5) is 5.69 Å². The second-order valence-electron chi connectivity index (χ2n) is 5.58. The molecule has 0 saturated carbocycles. The quantitative estimate of drug-likeness (QED) is 0.942. The SMILES string of the molecule is CCOc1ccc2c(n1)C(C)(C)N(c1cncc(O)c1)C2=O. The second kappa shape index (κ2) is 4.98. The Morgan fingerprint density at radius 1 is 1.32 bits per heavy atom. The molecule has 3 heterocycles. The third-order valence-electron chi connectivity index (χ3n) is 3.70. The summed E-state index contributed by atoms with van der Waals surface area (Å²) in [6.45, 7) is 6.21. The fraction of sp³-hybridized carbons (Fsp3) is 0.312. The summed E-state index contributed by atoms with van der Waals surface area (Å²) in [7, 11) is 0. The van der Waals surface area contributed by atoms with Crippen LogP contribution < -0.4 is 9.64 Å². The Morgan fingerprint density at radius 3 is 2.77 bits per heavy atom. The molecule has 0 aliphatic carbocycles. The van der Waals surface area contributed by atoms with E-state index in [0.717, 1.165) is 0 Å². The smallest absolute Gasteiger partial charge is 0.261 e. The Kier molecular flexibility index (Phi) is 3.24. The predicted octanol–water partition coefficient (Wildman–Crippen LogP) is 2.48. The van der Waals surface area contributed by atoms with Gasteiger partial charge in [-0.3, -0.25) is 14.7 Å². The number of rotatable bonds is 3. The van der Waals surface area contributed by atoms with Crippen LogP contribution in [0.2, 0.25) is 0 Å². The molecule has 2 aromatic heterocycles. The topological polar surface area (TPSA) is 75.6 Å².